The Labute approximate surface area is 119 Å². The molecule has 0 aliphatic carbocycles. The van der Waals surface area contributed by atoms with Crippen LogP contribution in [0.2, 0.25) is 0 Å². The van der Waals surface area contributed by atoms with E-state index in [0.29, 0.717) is 24.2 Å². The standard InChI is InChI=1S/C14H12BrNO3/c1-3-9-6-13(17)16(8-9)12-7-10(14(18)19-2)4-5-11(12)15/h1,4-5,7,9H,6,8H2,2H3. The molecule has 0 N–H and O–H groups in total. The lowest BCUT2D eigenvalue weighted by molar-refractivity contribution is -0.117. The van der Waals surface area contributed by atoms with Crippen molar-refractivity contribution in [1.29, 1.82) is 0 Å². The average molecular weight is 322 g/mol. The van der Waals surface area contributed by atoms with Crippen molar-refractivity contribution in [2.24, 2.45) is 5.92 Å². The van der Waals surface area contributed by atoms with Crippen LogP contribution in [0.25, 0.3) is 0 Å². The normalized spacial score (nSPS) is 18.3. The third-order valence-corrected chi connectivity index (χ3v) is 3.69. The summed E-state index contributed by atoms with van der Waals surface area (Å²) in [5, 5.41) is 0. The van der Waals surface area contributed by atoms with Crippen molar-refractivity contribution < 1.29 is 14.3 Å². The maximum Gasteiger partial charge on any atom is 0.337 e. The van der Waals surface area contributed by atoms with Crippen molar-refractivity contribution in [3.63, 3.8) is 0 Å². The Morgan fingerprint density at radius 1 is 1.58 bits per heavy atom. The Kier molecular flexibility index (Phi) is 3.91. The van der Waals surface area contributed by atoms with E-state index in [-0.39, 0.29) is 11.8 Å². The summed E-state index contributed by atoms with van der Waals surface area (Å²) >= 11 is 3.38. The first kappa shape index (κ1) is 13.6. The molecular weight excluding hydrogens is 310 g/mol. The maximum atomic E-state index is 11.9. The van der Waals surface area contributed by atoms with Gasteiger partial charge in [0.1, 0.15) is 0 Å². The number of benzene rings is 1. The zero-order valence-electron chi connectivity index (χ0n) is 10.4. The highest BCUT2D eigenvalue weighted by Crippen LogP contribution is 2.32. The van der Waals surface area contributed by atoms with E-state index >= 15 is 0 Å². The lowest BCUT2D eigenvalue weighted by Crippen LogP contribution is -2.25. The van der Waals surface area contributed by atoms with Gasteiger partial charge in [-0.25, -0.2) is 4.79 Å². The number of carbonyl (C=O) groups is 2. The number of carbonyl (C=O) groups excluding carboxylic acids is 2. The number of terminal acetylenes is 1. The smallest absolute Gasteiger partial charge is 0.337 e. The molecule has 1 aliphatic rings. The molecule has 98 valence electrons. The molecule has 19 heavy (non-hydrogen) atoms. The van der Waals surface area contributed by atoms with Crippen molar-refractivity contribution in [2.75, 3.05) is 18.6 Å². The summed E-state index contributed by atoms with van der Waals surface area (Å²) in [4.78, 5) is 25.1. The SMILES string of the molecule is C#CC1CC(=O)N(c2cc(C(=O)OC)ccc2Br)C1. The van der Waals surface area contributed by atoms with Gasteiger partial charge in [0.25, 0.3) is 0 Å². The van der Waals surface area contributed by atoms with E-state index in [2.05, 4.69) is 26.6 Å². The molecule has 0 bridgehead atoms. The van der Waals surface area contributed by atoms with Crippen molar-refractivity contribution >= 4 is 33.5 Å². The monoisotopic (exact) mass is 321 g/mol. The Morgan fingerprint density at radius 3 is 2.89 bits per heavy atom. The molecule has 1 heterocycles. The van der Waals surface area contributed by atoms with Crippen molar-refractivity contribution in [1.82, 2.24) is 0 Å². The molecule has 2 rings (SSSR count). The lowest BCUT2D eigenvalue weighted by atomic mass is 10.1. The fourth-order valence-electron chi connectivity index (χ4n) is 2.02. The average Bonchev–Trinajstić information content (AvgIpc) is 2.79. The van der Waals surface area contributed by atoms with E-state index in [1.165, 1.54) is 7.11 Å². The van der Waals surface area contributed by atoms with Crippen LogP contribution in [0, 0.1) is 18.3 Å². The second-order valence-corrected chi connectivity index (χ2v) is 5.08. The maximum absolute atomic E-state index is 11.9. The van der Waals surface area contributed by atoms with Crippen LogP contribution in [0.4, 0.5) is 5.69 Å². The molecule has 1 fully saturated rings. The van der Waals surface area contributed by atoms with Crippen molar-refractivity contribution in [3.8, 4) is 12.3 Å². The molecular formula is C14H12BrNO3. The Morgan fingerprint density at radius 2 is 2.32 bits per heavy atom. The van der Waals surface area contributed by atoms with Crippen LogP contribution < -0.4 is 4.90 Å². The van der Waals surface area contributed by atoms with Crippen LogP contribution in [-0.2, 0) is 9.53 Å². The van der Waals surface area contributed by atoms with Crippen LogP contribution in [0.1, 0.15) is 16.8 Å². The van der Waals surface area contributed by atoms with E-state index in [1.54, 1.807) is 23.1 Å². The van der Waals surface area contributed by atoms with E-state index in [0.717, 1.165) is 4.47 Å². The van der Waals surface area contributed by atoms with Gasteiger partial charge in [0.05, 0.1) is 18.4 Å². The Bertz CT molecular complexity index is 577. The van der Waals surface area contributed by atoms with E-state index in [1.807, 2.05) is 0 Å². The van der Waals surface area contributed by atoms with Gasteiger partial charge in [-0.05, 0) is 34.1 Å². The number of nitrogens with zero attached hydrogens (tertiary/aromatic N) is 1. The molecule has 1 aromatic carbocycles. The Hall–Kier alpha value is -1.80. The van der Waals surface area contributed by atoms with Gasteiger partial charge < -0.3 is 9.64 Å². The van der Waals surface area contributed by atoms with Gasteiger partial charge in [-0.1, -0.05) is 0 Å². The highest BCUT2D eigenvalue weighted by atomic mass is 79.9. The van der Waals surface area contributed by atoms with Crippen LogP contribution in [0.15, 0.2) is 22.7 Å². The van der Waals surface area contributed by atoms with Crippen molar-refractivity contribution in [3.05, 3.63) is 28.2 Å². The van der Waals surface area contributed by atoms with Gasteiger partial charge in [0, 0.05) is 23.4 Å². The van der Waals surface area contributed by atoms with Crippen LogP contribution >= 0.6 is 15.9 Å². The van der Waals surface area contributed by atoms with Gasteiger partial charge in [-0.3, -0.25) is 4.79 Å². The minimum atomic E-state index is -0.436. The zero-order valence-corrected chi connectivity index (χ0v) is 11.9. The van der Waals surface area contributed by atoms with Gasteiger partial charge in [0.2, 0.25) is 5.91 Å². The van der Waals surface area contributed by atoms with E-state index in [4.69, 9.17) is 6.42 Å². The van der Waals surface area contributed by atoms with E-state index in [9.17, 15) is 9.59 Å². The highest BCUT2D eigenvalue weighted by molar-refractivity contribution is 9.10. The number of ether oxygens (including phenoxy) is 1. The highest BCUT2D eigenvalue weighted by Gasteiger charge is 2.30. The summed E-state index contributed by atoms with van der Waals surface area (Å²) < 4.78 is 5.41. The molecule has 5 heteroatoms. The van der Waals surface area contributed by atoms with Gasteiger partial charge in [0.15, 0.2) is 0 Å². The van der Waals surface area contributed by atoms with Crippen LogP contribution in [-0.4, -0.2) is 25.5 Å². The summed E-state index contributed by atoms with van der Waals surface area (Å²) in [7, 11) is 1.32. The fraction of sp³-hybridized carbons (Fsp3) is 0.286. The first-order chi connectivity index (χ1) is 9.06. The number of hydrogen-bond donors (Lipinski definition) is 0. The summed E-state index contributed by atoms with van der Waals surface area (Å²) in [5.41, 5.74) is 1.04. The van der Waals surface area contributed by atoms with Gasteiger partial charge >= 0.3 is 5.97 Å². The minimum Gasteiger partial charge on any atom is -0.465 e. The number of anilines is 1. The molecule has 1 atom stereocenters. The van der Waals surface area contributed by atoms with E-state index < -0.39 is 5.97 Å². The summed E-state index contributed by atoms with van der Waals surface area (Å²) in [6, 6.07) is 4.99. The second-order valence-electron chi connectivity index (χ2n) is 4.23. The lowest BCUT2D eigenvalue weighted by Gasteiger charge is -2.18. The molecule has 1 amide bonds. The minimum absolute atomic E-state index is 0.0364. The van der Waals surface area contributed by atoms with Crippen LogP contribution in [0.3, 0.4) is 0 Å². The third kappa shape index (κ3) is 2.64. The molecule has 0 aromatic heterocycles. The fourth-order valence-corrected chi connectivity index (χ4v) is 2.48. The number of hydrogen-bond acceptors (Lipinski definition) is 3. The molecule has 1 aromatic rings. The zero-order chi connectivity index (χ0) is 14.0. The number of methoxy groups -OCH3 is 1. The second kappa shape index (κ2) is 5.45. The first-order valence-electron chi connectivity index (χ1n) is 5.71. The molecule has 0 spiro atoms. The topological polar surface area (TPSA) is 46.6 Å². The molecule has 1 saturated heterocycles. The predicted octanol–water partition coefficient (Wildman–Crippen LogP) is 2.22. The van der Waals surface area contributed by atoms with Gasteiger partial charge in [-0.2, -0.15) is 0 Å². The molecule has 1 unspecified atom stereocenters. The Balaban J connectivity index is 2.37. The largest absolute Gasteiger partial charge is 0.465 e. The molecule has 4 nitrogen and oxygen atoms in total. The summed E-state index contributed by atoms with van der Waals surface area (Å²) in [5.74, 6) is 2.04. The molecule has 1 aliphatic heterocycles. The molecule has 0 saturated carbocycles. The quantitative estimate of drug-likeness (QED) is 0.620. The van der Waals surface area contributed by atoms with Crippen molar-refractivity contribution in [2.45, 2.75) is 6.42 Å². The third-order valence-electron chi connectivity index (χ3n) is 3.02. The molecule has 0 radical (unpaired) electrons. The van der Waals surface area contributed by atoms with Gasteiger partial charge in [-0.15, -0.1) is 12.3 Å². The predicted molar refractivity (Wildman–Crippen MR) is 74.8 cm³/mol. The summed E-state index contributed by atoms with van der Waals surface area (Å²) in [6.07, 6.45) is 5.70. The number of halogens is 1. The first-order valence-corrected chi connectivity index (χ1v) is 6.50. The number of amides is 1. The summed E-state index contributed by atoms with van der Waals surface area (Å²) in [6.45, 7) is 0.471. The number of esters is 1. The van der Waals surface area contributed by atoms with Crippen LogP contribution in [0.5, 0.6) is 0 Å². The number of rotatable bonds is 2.